The minimum absolute atomic E-state index is 0.0667. The molecule has 3 N–H and O–H groups in total. The number of nitrogens with zero attached hydrogens (tertiary/aromatic N) is 2. The van der Waals surface area contributed by atoms with Crippen LogP contribution in [0.1, 0.15) is 40.2 Å². The highest BCUT2D eigenvalue weighted by atomic mass is 19.1. The predicted molar refractivity (Wildman–Crippen MR) is 96.2 cm³/mol. The first-order valence-electron chi connectivity index (χ1n) is 9.24. The van der Waals surface area contributed by atoms with Gasteiger partial charge in [0.15, 0.2) is 5.69 Å². The van der Waals surface area contributed by atoms with Crippen molar-refractivity contribution in [2.75, 3.05) is 19.6 Å². The number of aromatic nitrogens is 2. The van der Waals surface area contributed by atoms with E-state index in [9.17, 15) is 9.18 Å². The number of hydrogen-bond acceptors (Lipinski definition) is 4. The average Bonchev–Trinajstić information content (AvgIpc) is 3.08. The van der Waals surface area contributed by atoms with E-state index in [1.807, 2.05) is 12.1 Å². The van der Waals surface area contributed by atoms with Crippen molar-refractivity contribution in [2.45, 2.75) is 38.4 Å². The van der Waals surface area contributed by atoms with Crippen LogP contribution in [0.3, 0.4) is 0 Å². The third kappa shape index (κ3) is 3.64. The Balaban J connectivity index is 1.38. The van der Waals surface area contributed by atoms with E-state index in [0.29, 0.717) is 17.8 Å². The molecule has 1 aromatic heterocycles. The second kappa shape index (κ2) is 7.55. The molecule has 0 aliphatic carbocycles. The van der Waals surface area contributed by atoms with Gasteiger partial charge in [-0.05, 0) is 38.4 Å². The molecule has 4 rings (SSSR count). The van der Waals surface area contributed by atoms with Crippen LogP contribution in [0.5, 0.6) is 0 Å². The third-order valence-electron chi connectivity index (χ3n) is 5.21. The lowest BCUT2D eigenvalue weighted by Crippen LogP contribution is -2.47. The molecule has 1 unspecified atom stereocenters. The lowest BCUT2D eigenvalue weighted by atomic mass is 10.0. The monoisotopic (exact) mass is 357 g/mol. The Morgan fingerprint density at radius 3 is 3.15 bits per heavy atom. The van der Waals surface area contributed by atoms with Gasteiger partial charge in [0.1, 0.15) is 5.82 Å². The van der Waals surface area contributed by atoms with Crippen LogP contribution < -0.4 is 10.6 Å². The number of carbonyl (C=O) groups is 1. The molecule has 26 heavy (non-hydrogen) atoms. The Hall–Kier alpha value is -2.25. The summed E-state index contributed by atoms with van der Waals surface area (Å²) in [6, 6.07) is 6.95. The van der Waals surface area contributed by atoms with Crippen LogP contribution in [-0.4, -0.2) is 46.7 Å². The van der Waals surface area contributed by atoms with Gasteiger partial charge in [-0.1, -0.05) is 18.2 Å². The average molecular weight is 357 g/mol. The van der Waals surface area contributed by atoms with E-state index in [-0.39, 0.29) is 17.8 Å². The maximum atomic E-state index is 13.9. The summed E-state index contributed by atoms with van der Waals surface area (Å²) < 4.78 is 13.9. The summed E-state index contributed by atoms with van der Waals surface area (Å²) >= 11 is 0. The molecule has 1 amide bonds. The zero-order chi connectivity index (χ0) is 17.9. The first-order chi connectivity index (χ1) is 12.7. The number of hydrogen-bond donors (Lipinski definition) is 3. The predicted octanol–water partition coefficient (Wildman–Crippen LogP) is 1.59. The Kier molecular flexibility index (Phi) is 4.99. The van der Waals surface area contributed by atoms with Gasteiger partial charge in [0.05, 0.1) is 5.69 Å². The Bertz CT molecular complexity index is 790. The number of likely N-dealkylation sites (tertiary alicyclic amines) is 1. The first-order valence-corrected chi connectivity index (χ1v) is 9.24. The van der Waals surface area contributed by atoms with Crippen molar-refractivity contribution in [1.29, 1.82) is 0 Å². The molecule has 2 aromatic rings. The number of H-pyrrole nitrogens is 1. The van der Waals surface area contributed by atoms with Gasteiger partial charge in [0, 0.05) is 36.8 Å². The molecule has 0 spiro atoms. The summed E-state index contributed by atoms with van der Waals surface area (Å²) in [5.74, 6) is -0.280. The van der Waals surface area contributed by atoms with Crippen LogP contribution in [0.4, 0.5) is 4.39 Å². The fourth-order valence-corrected chi connectivity index (χ4v) is 3.87. The Labute approximate surface area is 152 Å². The van der Waals surface area contributed by atoms with Crippen molar-refractivity contribution in [3.05, 3.63) is 52.6 Å². The van der Waals surface area contributed by atoms with Gasteiger partial charge in [-0.15, -0.1) is 0 Å². The second-order valence-electron chi connectivity index (χ2n) is 7.10. The second-order valence-corrected chi connectivity index (χ2v) is 7.10. The highest BCUT2D eigenvalue weighted by Gasteiger charge is 2.26. The van der Waals surface area contributed by atoms with Crippen molar-refractivity contribution < 1.29 is 9.18 Å². The molecule has 0 saturated carbocycles. The molecule has 0 radical (unpaired) electrons. The number of fused-ring (bicyclic) bond motifs is 1. The Morgan fingerprint density at radius 2 is 2.27 bits per heavy atom. The SMILES string of the molecule is O=C(NC1CCCN(Cc2ccccc2F)C1)c1n[nH]c2c1CCNC2. The maximum Gasteiger partial charge on any atom is 0.272 e. The molecule has 2 aliphatic rings. The molecule has 6 nitrogen and oxygen atoms in total. The quantitative estimate of drug-likeness (QED) is 0.777. The number of benzene rings is 1. The van der Waals surface area contributed by atoms with Crippen LogP contribution in [-0.2, 0) is 19.5 Å². The number of carbonyl (C=O) groups excluding carboxylic acids is 1. The van der Waals surface area contributed by atoms with E-state index in [0.717, 1.165) is 56.7 Å². The zero-order valence-corrected chi connectivity index (χ0v) is 14.7. The van der Waals surface area contributed by atoms with Gasteiger partial charge in [-0.2, -0.15) is 5.10 Å². The highest BCUT2D eigenvalue weighted by Crippen LogP contribution is 2.18. The van der Waals surface area contributed by atoms with Crippen molar-refractivity contribution in [3.63, 3.8) is 0 Å². The first kappa shape index (κ1) is 17.2. The number of nitrogens with one attached hydrogen (secondary N) is 3. The number of aromatic amines is 1. The van der Waals surface area contributed by atoms with Crippen LogP contribution >= 0.6 is 0 Å². The van der Waals surface area contributed by atoms with Gasteiger partial charge >= 0.3 is 0 Å². The molecule has 1 fully saturated rings. The molecular weight excluding hydrogens is 333 g/mol. The normalized spacial score (nSPS) is 20.6. The van der Waals surface area contributed by atoms with E-state index in [2.05, 4.69) is 25.7 Å². The van der Waals surface area contributed by atoms with Crippen LogP contribution in [0, 0.1) is 5.82 Å². The number of halogens is 1. The van der Waals surface area contributed by atoms with Crippen molar-refractivity contribution in [3.8, 4) is 0 Å². The fourth-order valence-electron chi connectivity index (χ4n) is 3.87. The fraction of sp³-hybridized carbons (Fsp3) is 0.474. The molecule has 1 aromatic carbocycles. The largest absolute Gasteiger partial charge is 0.347 e. The summed E-state index contributed by atoms with van der Waals surface area (Å²) in [4.78, 5) is 14.9. The van der Waals surface area contributed by atoms with Gasteiger partial charge < -0.3 is 10.6 Å². The van der Waals surface area contributed by atoms with Crippen LogP contribution in [0.2, 0.25) is 0 Å². The summed E-state index contributed by atoms with van der Waals surface area (Å²) in [6.07, 6.45) is 2.74. The maximum absolute atomic E-state index is 13.9. The van der Waals surface area contributed by atoms with Crippen molar-refractivity contribution in [2.24, 2.45) is 0 Å². The minimum Gasteiger partial charge on any atom is -0.347 e. The van der Waals surface area contributed by atoms with Gasteiger partial charge in [-0.3, -0.25) is 14.8 Å². The summed E-state index contributed by atoms with van der Waals surface area (Å²) in [7, 11) is 0. The highest BCUT2D eigenvalue weighted by molar-refractivity contribution is 5.94. The number of rotatable bonds is 4. The number of amides is 1. The molecule has 3 heterocycles. The molecule has 2 aliphatic heterocycles. The summed E-state index contributed by atoms with van der Waals surface area (Å²) in [6.45, 7) is 3.82. The molecule has 1 saturated heterocycles. The van der Waals surface area contributed by atoms with Crippen molar-refractivity contribution >= 4 is 5.91 Å². The van der Waals surface area contributed by atoms with Crippen molar-refractivity contribution in [1.82, 2.24) is 25.7 Å². The standard InChI is InChI=1S/C19H24FN5O/c20-16-6-2-1-4-13(16)11-25-9-3-5-14(12-25)22-19(26)18-15-7-8-21-10-17(15)23-24-18/h1-2,4,6,14,21H,3,5,7-12H2,(H,22,26)(H,23,24). The van der Waals surface area contributed by atoms with Gasteiger partial charge in [0.2, 0.25) is 0 Å². The van der Waals surface area contributed by atoms with E-state index in [1.165, 1.54) is 6.07 Å². The molecular formula is C19H24FN5O. The summed E-state index contributed by atoms with van der Waals surface area (Å²) in [5.41, 5.74) is 3.26. The van der Waals surface area contributed by atoms with Crippen LogP contribution in [0.15, 0.2) is 24.3 Å². The zero-order valence-electron chi connectivity index (χ0n) is 14.7. The molecule has 138 valence electrons. The number of piperidine rings is 1. The lowest BCUT2D eigenvalue weighted by Gasteiger charge is -2.33. The third-order valence-corrected chi connectivity index (χ3v) is 5.21. The van der Waals surface area contributed by atoms with Crippen LogP contribution in [0.25, 0.3) is 0 Å². The van der Waals surface area contributed by atoms with E-state index < -0.39 is 0 Å². The van der Waals surface area contributed by atoms with E-state index in [4.69, 9.17) is 0 Å². The lowest BCUT2D eigenvalue weighted by molar-refractivity contribution is 0.0894. The Morgan fingerprint density at radius 1 is 1.38 bits per heavy atom. The van der Waals surface area contributed by atoms with E-state index >= 15 is 0 Å². The van der Waals surface area contributed by atoms with E-state index in [1.54, 1.807) is 6.07 Å². The topological polar surface area (TPSA) is 73.0 Å². The molecule has 0 bridgehead atoms. The minimum atomic E-state index is -0.171. The van der Waals surface area contributed by atoms with Gasteiger partial charge in [0.25, 0.3) is 5.91 Å². The molecule has 7 heteroatoms. The van der Waals surface area contributed by atoms with Gasteiger partial charge in [-0.25, -0.2) is 4.39 Å². The molecule has 1 atom stereocenters. The smallest absolute Gasteiger partial charge is 0.272 e. The summed E-state index contributed by atoms with van der Waals surface area (Å²) in [5, 5.41) is 13.6.